The Balaban J connectivity index is 2.24. The van der Waals surface area contributed by atoms with Crippen LogP contribution in [0, 0.1) is 20.8 Å². The quantitative estimate of drug-likeness (QED) is 0.274. The van der Waals surface area contributed by atoms with E-state index >= 15 is 0 Å². The van der Waals surface area contributed by atoms with Crippen molar-refractivity contribution in [2.45, 2.75) is 20.8 Å². The molecule has 0 N–H and O–H groups in total. The number of hydrogen-bond donors (Lipinski definition) is 0. The molecular formula is C24H21IO3Sn. The minimum atomic E-state index is -4.81. The minimum absolute atomic E-state index is 0.278. The molecule has 0 unspecified atom stereocenters. The topological polar surface area (TPSA) is 51.2 Å². The SMILES string of the molecule is Cc1ccccc1[C](=O)[Sn]([I])([C](=O)c1ccccc1C)[C](=O)c1ccccc1C. The number of carbonyl (C=O) groups is 3. The van der Waals surface area contributed by atoms with Gasteiger partial charge in [0.05, 0.1) is 0 Å². The van der Waals surface area contributed by atoms with Crippen LogP contribution in [0.25, 0.3) is 0 Å². The molecule has 3 aromatic carbocycles. The zero-order valence-corrected chi connectivity index (χ0v) is 21.5. The van der Waals surface area contributed by atoms with Gasteiger partial charge in [0, 0.05) is 0 Å². The Morgan fingerprint density at radius 3 is 1.03 bits per heavy atom. The molecule has 0 aliphatic heterocycles. The molecule has 0 fully saturated rings. The first kappa shape index (κ1) is 21.9. The van der Waals surface area contributed by atoms with E-state index in [9.17, 15) is 14.4 Å². The number of hydrogen-bond acceptors (Lipinski definition) is 3. The van der Waals surface area contributed by atoms with Gasteiger partial charge in [0.2, 0.25) is 0 Å². The molecule has 0 spiro atoms. The van der Waals surface area contributed by atoms with E-state index in [2.05, 4.69) is 0 Å². The van der Waals surface area contributed by atoms with E-state index in [0.29, 0.717) is 16.7 Å². The van der Waals surface area contributed by atoms with Crippen molar-refractivity contribution < 1.29 is 14.4 Å². The Hall–Kier alpha value is -1.80. The third kappa shape index (κ3) is 4.10. The van der Waals surface area contributed by atoms with E-state index in [-0.39, 0.29) is 11.4 Å². The first-order valence-electron chi connectivity index (χ1n) is 9.28. The summed E-state index contributed by atoms with van der Waals surface area (Å²) in [5.74, 6) is 0. The molecule has 0 atom stereocenters. The van der Waals surface area contributed by atoms with Crippen molar-refractivity contribution in [3.8, 4) is 0 Å². The predicted octanol–water partition coefficient (Wildman–Crippen LogP) is 5.56. The summed E-state index contributed by atoms with van der Waals surface area (Å²) in [5.41, 5.74) is 3.77. The fraction of sp³-hybridized carbons (Fsp3) is 0.125. The fourth-order valence-corrected chi connectivity index (χ4v) is 16.5. The van der Waals surface area contributed by atoms with Crippen LogP contribution in [0.3, 0.4) is 0 Å². The molecule has 0 saturated heterocycles. The third-order valence-corrected chi connectivity index (χ3v) is 22.6. The van der Waals surface area contributed by atoms with E-state index in [1.54, 1.807) is 36.4 Å². The van der Waals surface area contributed by atoms with Crippen LogP contribution in [-0.2, 0) is 0 Å². The summed E-state index contributed by atoms with van der Waals surface area (Å²) in [7, 11) is 0. The molecule has 3 aromatic rings. The summed E-state index contributed by atoms with van der Waals surface area (Å²) >= 11 is -2.84. The van der Waals surface area contributed by atoms with Crippen molar-refractivity contribution in [2.75, 3.05) is 0 Å². The van der Waals surface area contributed by atoms with Crippen molar-refractivity contribution in [3.63, 3.8) is 0 Å². The molecule has 0 aliphatic rings. The second-order valence-electron chi connectivity index (χ2n) is 7.09. The van der Waals surface area contributed by atoms with Crippen LogP contribution in [0.1, 0.15) is 47.8 Å². The number of aryl methyl sites for hydroxylation is 3. The molecule has 5 heteroatoms. The van der Waals surface area contributed by atoms with Gasteiger partial charge in [0.1, 0.15) is 0 Å². The molecule has 3 nitrogen and oxygen atoms in total. The predicted molar refractivity (Wildman–Crippen MR) is 126 cm³/mol. The maximum absolute atomic E-state index is 13.8. The van der Waals surface area contributed by atoms with Crippen molar-refractivity contribution in [2.24, 2.45) is 0 Å². The molecule has 29 heavy (non-hydrogen) atoms. The number of carbonyl (C=O) groups excluding carboxylic acids is 3. The summed E-state index contributed by atoms with van der Waals surface area (Å²) in [5, 5.41) is 0. The van der Waals surface area contributed by atoms with Gasteiger partial charge in [-0.3, -0.25) is 0 Å². The summed E-state index contributed by atoms with van der Waals surface area (Å²) in [4.78, 5) is 41.4. The monoisotopic (exact) mass is 604 g/mol. The summed E-state index contributed by atoms with van der Waals surface area (Å²) in [6, 6.07) is 21.6. The molecule has 0 heterocycles. The van der Waals surface area contributed by atoms with E-state index in [1.165, 1.54) is 0 Å². The van der Waals surface area contributed by atoms with Crippen LogP contribution in [0.4, 0.5) is 0 Å². The Morgan fingerprint density at radius 1 is 0.552 bits per heavy atom. The second-order valence-corrected chi connectivity index (χ2v) is 25.6. The second kappa shape index (κ2) is 8.91. The standard InChI is InChI=1S/3C8H7O.HI.Sn/c3*1-7-4-2-3-5-8(7)6-9;;/h3*2-5H,1H3;1H;/q;;;;+1/p-1. The summed E-state index contributed by atoms with van der Waals surface area (Å²) in [6.07, 6.45) is 0. The van der Waals surface area contributed by atoms with E-state index in [1.807, 2.05) is 75.8 Å². The van der Waals surface area contributed by atoms with Crippen molar-refractivity contribution in [1.82, 2.24) is 0 Å². The van der Waals surface area contributed by atoms with Crippen LogP contribution < -0.4 is 0 Å². The third-order valence-electron chi connectivity index (χ3n) is 5.11. The fourth-order valence-electron chi connectivity index (χ4n) is 3.35. The zero-order chi connectivity index (χ0) is 21.2. The Kier molecular flexibility index (Phi) is 6.73. The number of benzene rings is 3. The van der Waals surface area contributed by atoms with Crippen LogP contribution in [0.5, 0.6) is 0 Å². The maximum atomic E-state index is 13.8. The van der Waals surface area contributed by atoms with Gasteiger partial charge >= 0.3 is 186 Å². The first-order chi connectivity index (χ1) is 13.8. The number of rotatable bonds is 6. The van der Waals surface area contributed by atoms with Gasteiger partial charge in [-0.1, -0.05) is 0 Å². The Bertz CT molecular complexity index is 981. The van der Waals surface area contributed by atoms with Gasteiger partial charge in [0.25, 0.3) is 0 Å². The van der Waals surface area contributed by atoms with E-state index in [0.717, 1.165) is 16.7 Å². The van der Waals surface area contributed by atoms with Crippen molar-refractivity contribution in [1.29, 1.82) is 0 Å². The van der Waals surface area contributed by atoms with Crippen LogP contribution >= 0.6 is 18.6 Å². The molecule has 3 rings (SSSR count). The Labute approximate surface area is 184 Å². The average Bonchev–Trinajstić information content (AvgIpc) is 2.72. The summed E-state index contributed by atoms with van der Waals surface area (Å²) < 4.78 is -0.835. The average molecular weight is 603 g/mol. The van der Waals surface area contributed by atoms with Crippen LogP contribution in [0.15, 0.2) is 72.8 Å². The molecule has 0 aromatic heterocycles. The Morgan fingerprint density at radius 2 is 0.793 bits per heavy atom. The van der Waals surface area contributed by atoms with Crippen LogP contribution in [0.2, 0.25) is 0 Å². The molecule has 0 aliphatic carbocycles. The number of halogens is 1. The van der Waals surface area contributed by atoms with Gasteiger partial charge < -0.3 is 0 Å². The van der Waals surface area contributed by atoms with Gasteiger partial charge in [-0.2, -0.15) is 0 Å². The summed E-state index contributed by atoms with van der Waals surface area (Å²) in [6.45, 7) is 5.52. The molecule has 0 bridgehead atoms. The molecule has 146 valence electrons. The molecule has 0 radical (unpaired) electrons. The van der Waals surface area contributed by atoms with E-state index in [4.69, 9.17) is 0 Å². The van der Waals surface area contributed by atoms with Gasteiger partial charge in [-0.15, -0.1) is 0 Å². The first-order valence-corrected chi connectivity index (χ1v) is 21.9. The molecule has 0 amide bonds. The normalized spacial score (nSPS) is 11.2. The van der Waals surface area contributed by atoms with E-state index < -0.39 is 14.4 Å². The van der Waals surface area contributed by atoms with Gasteiger partial charge in [0.15, 0.2) is 0 Å². The van der Waals surface area contributed by atoms with Gasteiger partial charge in [-0.25, -0.2) is 0 Å². The molecular weight excluding hydrogens is 582 g/mol. The van der Waals surface area contributed by atoms with Crippen LogP contribution in [-0.4, -0.2) is 25.8 Å². The van der Waals surface area contributed by atoms with Crippen molar-refractivity contribution in [3.05, 3.63) is 106 Å². The van der Waals surface area contributed by atoms with Crippen molar-refractivity contribution >= 4 is 44.4 Å². The zero-order valence-electron chi connectivity index (χ0n) is 16.5. The molecule has 0 saturated carbocycles. The van der Waals surface area contributed by atoms with Gasteiger partial charge in [-0.05, 0) is 0 Å².